The Labute approximate surface area is 123 Å². The molecule has 1 heterocycles. The van der Waals surface area contributed by atoms with Crippen molar-refractivity contribution in [1.82, 2.24) is 4.98 Å². The van der Waals surface area contributed by atoms with Gasteiger partial charge in [-0.25, -0.2) is 4.98 Å². The van der Waals surface area contributed by atoms with E-state index in [0.717, 1.165) is 16.9 Å². The van der Waals surface area contributed by atoms with Crippen molar-refractivity contribution in [2.45, 2.75) is 20.5 Å². The van der Waals surface area contributed by atoms with Gasteiger partial charge in [0.1, 0.15) is 11.6 Å². The fraction of sp³-hybridized carbons (Fsp3) is 0.250. The van der Waals surface area contributed by atoms with E-state index in [4.69, 9.17) is 9.84 Å². The third-order valence-corrected chi connectivity index (χ3v) is 3.03. The highest BCUT2D eigenvalue weighted by molar-refractivity contribution is 5.90. The van der Waals surface area contributed by atoms with Crippen LogP contribution < -0.4 is 10.1 Å². The van der Waals surface area contributed by atoms with Gasteiger partial charge >= 0.3 is 0 Å². The number of aliphatic hydroxyl groups excluding tert-OH is 1. The molecule has 1 aromatic heterocycles. The highest BCUT2D eigenvalue weighted by Gasteiger charge is 2.08. The van der Waals surface area contributed by atoms with Crippen LogP contribution in [0.1, 0.15) is 16.7 Å². The van der Waals surface area contributed by atoms with E-state index in [1.165, 1.54) is 6.20 Å². The SMILES string of the molecule is Cc1cccc(C)c1OCC(=O)Nc1ccc(CO)cn1. The van der Waals surface area contributed by atoms with Gasteiger partial charge < -0.3 is 15.2 Å². The highest BCUT2D eigenvalue weighted by Crippen LogP contribution is 2.22. The van der Waals surface area contributed by atoms with Gasteiger partial charge in [-0.2, -0.15) is 0 Å². The number of hydrogen-bond acceptors (Lipinski definition) is 4. The van der Waals surface area contributed by atoms with E-state index in [2.05, 4.69) is 10.3 Å². The van der Waals surface area contributed by atoms with E-state index in [9.17, 15) is 4.79 Å². The summed E-state index contributed by atoms with van der Waals surface area (Å²) in [6.07, 6.45) is 1.52. The van der Waals surface area contributed by atoms with Gasteiger partial charge in [0.25, 0.3) is 5.91 Å². The van der Waals surface area contributed by atoms with Gasteiger partial charge in [0.05, 0.1) is 6.61 Å². The molecule has 1 amide bonds. The third kappa shape index (κ3) is 4.03. The summed E-state index contributed by atoms with van der Waals surface area (Å²) in [5, 5.41) is 11.6. The molecule has 2 N–H and O–H groups in total. The van der Waals surface area contributed by atoms with Crippen LogP contribution in [0.4, 0.5) is 5.82 Å². The number of amides is 1. The molecule has 0 aliphatic rings. The Morgan fingerprint density at radius 3 is 2.52 bits per heavy atom. The van der Waals surface area contributed by atoms with Crippen LogP contribution in [-0.4, -0.2) is 22.6 Å². The van der Waals surface area contributed by atoms with Gasteiger partial charge in [-0.1, -0.05) is 24.3 Å². The van der Waals surface area contributed by atoms with Crippen molar-refractivity contribution in [3.8, 4) is 5.75 Å². The summed E-state index contributed by atoms with van der Waals surface area (Å²) in [5.74, 6) is 0.889. The van der Waals surface area contributed by atoms with E-state index in [1.807, 2.05) is 32.0 Å². The number of hydrogen-bond donors (Lipinski definition) is 2. The Balaban J connectivity index is 1.92. The Morgan fingerprint density at radius 2 is 1.95 bits per heavy atom. The Morgan fingerprint density at radius 1 is 1.24 bits per heavy atom. The van der Waals surface area contributed by atoms with Gasteiger partial charge in [0, 0.05) is 6.20 Å². The number of carbonyl (C=O) groups excluding carboxylic acids is 1. The number of para-hydroxylation sites is 1. The lowest BCUT2D eigenvalue weighted by atomic mass is 10.1. The summed E-state index contributed by atoms with van der Waals surface area (Å²) < 4.78 is 5.57. The summed E-state index contributed by atoms with van der Waals surface area (Å²) in [7, 11) is 0. The predicted molar refractivity (Wildman–Crippen MR) is 80.2 cm³/mol. The molecule has 1 aromatic carbocycles. The molecular weight excluding hydrogens is 268 g/mol. The first-order valence-corrected chi connectivity index (χ1v) is 6.65. The van der Waals surface area contributed by atoms with Gasteiger partial charge in [-0.15, -0.1) is 0 Å². The second-order valence-corrected chi connectivity index (χ2v) is 4.77. The Hall–Kier alpha value is -2.40. The largest absolute Gasteiger partial charge is 0.483 e. The van der Waals surface area contributed by atoms with Crippen molar-refractivity contribution >= 4 is 11.7 Å². The summed E-state index contributed by atoms with van der Waals surface area (Å²) in [5.41, 5.74) is 2.68. The van der Waals surface area contributed by atoms with Crippen molar-refractivity contribution in [1.29, 1.82) is 0 Å². The van der Waals surface area contributed by atoms with Crippen molar-refractivity contribution in [2.24, 2.45) is 0 Å². The quantitative estimate of drug-likeness (QED) is 0.884. The molecule has 0 aliphatic carbocycles. The first-order valence-electron chi connectivity index (χ1n) is 6.65. The zero-order valence-corrected chi connectivity index (χ0v) is 12.1. The molecule has 2 aromatic rings. The molecule has 0 atom stereocenters. The van der Waals surface area contributed by atoms with Crippen LogP contribution in [0.5, 0.6) is 5.75 Å². The first-order chi connectivity index (χ1) is 10.1. The molecule has 5 heteroatoms. The van der Waals surface area contributed by atoms with Crippen LogP contribution in [-0.2, 0) is 11.4 Å². The predicted octanol–water partition coefficient (Wildman–Crippen LogP) is 2.21. The number of anilines is 1. The lowest BCUT2D eigenvalue weighted by Crippen LogP contribution is -2.21. The smallest absolute Gasteiger partial charge is 0.263 e. The van der Waals surface area contributed by atoms with E-state index in [-0.39, 0.29) is 19.1 Å². The Bertz CT molecular complexity index is 604. The van der Waals surface area contributed by atoms with Crippen molar-refractivity contribution in [3.05, 3.63) is 53.2 Å². The van der Waals surface area contributed by atoms with Crippen molar-refractivity contribution in [3.63, 3.8) is 0 Å². The normalized spacial score (nSPS) is 10.2. The number of carbonyl (C=O) groups is 1. The summed E-state index contributed by atoms with van der Waals surface area (Å²) >= 11 is 0. The van der Waals surface area contributed by atoms with Crippen LogP contribution >= 0.6 is 0 Å². The van der Waals surface area contributed by atoms with Crippen molar-refractivity contribution in [2.75, 3.05) is 11.9 Å². The van der Waals surface area contributed by atoms with Crippen LogP contribution in [0.2, 0.25) is 0 Å². The maximum atomic E-state index is 11.8. The minimum atomic E-state index is -0.276. The molecule has 0 saturated heterocycles. The van der Waals surface area contributed by atoms with E-state index in [0.29, 0.717) is 11.4 Å². The topological polar surface area (TPSA) is 71.5 Å². The number of aromatic nitrogens is 1. The van der Waals surface area contributed by atoms with Crippen LogP contribution in [0, 0.1) is 13.8 Å². The van der Waals surface area contributed by atoms with Gasteiger partial charge in [0.2, 0.25) is 0 Å². The van der Waals surface area contributed by atoms with E-state index < -0.39 is 0 Å². The number of nitrogens with one attached hydrogen (secondary N) is 1. The first kappa shape index (κ1) is 15.0. The molecule has 0 fully saturated rings. The molecule has 0 aliphatic heterocycles. The molecule has 0 radical (unpaired) electrons. The molecule has 5 nitrogen and oxygen atoms in total. The highest BCUT2D eigenvalue weighted by atomic mass is 16.5. The van der Waals surface area contributed by atoms with Gasteiger partial charge in [-0.3, -0.25) is 4.79 Å². The fourth-order valence-corrected chi connectivity index (χ4v) is 1.94. The zero-order valence-electron chi connectivity index (χ0n) is 12.1. The molecule has 0 bridgehead atoms. The molecule has 0 saturated carbocycles. The van der Waals surface area contributed by atoms with Crippen LogP contribution in [0.3, 0.4) is 0 Å². The number of pyridine rings is 1. The lowest BCUT2D eigenvalue weighted by molar-refractivity contribution is -0.118. The lowest BCUT2D eigenvalue weighted by Gasteiger charge is -2.11. The average molecular weight is 286 g/mol. The molecule has 110 valence electrons. The molecule has 21 heavy (non-hydrogen) atoms. The number of ether oxygens (including phenoxy) is 1. The van der Waals surface area contributed by atoms with E-state index in [1.54, 1.807) is 12.1 Å². The second kappa shape index (κ2) is 6.85. The summed E-state index contributed by atoms with van der Waals surface area (Å²) in [6, 6.07) is 9.17. The average Bonchev–Trinajstić information content (AvgIpc) is 2.47. The minimum Gasteiger partial charge on any atom is -0.483 e. The monoisotopic (exact) mass is 286 g/mol. The zero-order chi connectivity index (χ0) is 15.2. The van der Waals surface area contributed by atoms with Crippen LogP contribution in [0.15, 0.2) is 36.5 Å². The third-order valence-electron chi connectivity index (χ3n) is 3.03. The maximum absolute atomic E-state index is 11.8. The maximum Gasteiger partial charge on any atom is 0.263 e. The molecule has 2 rings (SSSR count). The van der Waals surface area contributed by atoms with E-state index >= 15 is 0 Å². The number of benzene rings is 1. The van der Waals surface area contributed by atoms with Crippen molar-refractivity contribution < 1.29 is 14.6 Å². The molecule has 0 spiro atoms. The number of aryl methyl sites for hydroxylation is 2. The number of rotatable bonds is 5. The van der Waals surface area contributed by atoms with Crippen LogP contribution in [0.25, 0.3) is 0 Å². The second-order valence-electron chi connectivity index (χ2n) is 4.77. The summed E-state index contributed by atoms with van der Waals surface area (Å²) in [4.78, 5) is 15.9. The number of nitrogens with zero attached hydrogens (tertiary/aromatic N) is 1. The minimum absolute atomic E-state index is 0.0725. The standard InChI is InChI=1S/C16H18N2O3/c1-11-4-3-5-12(2)16(11)21-10-15(20)18-14-7-6-13(9-19)8-17-14/h3-8,19H,9-10H2,1-2H3,(H,17,18,20). The Kier molecular flexibility index (Phi) is 4.90. The van der Waals surface area contributed by atoms with Gasteiger partial charge in [0.15, 0.2) is 6.61 Å². The van der Waals surface area contributed by atoms with Gasteiger partial charge in [-0.05, 0) is 36.6 Å². The fourth-order valence-electron chi connectivity index (χ4n) is 1.94. The molecular formula is C16H18N2O3. The number of aliphatic hydroxyl groups is 1. The summed E-state index contributed by atoms with van der Waals surface area (Å²) in [6.45, 7) is 3.73. The molecule has 0 unspecified atom stereocenters.